The molecule has 1 aliphatic heterocycles. The molecule has 7 heteroatoms. The van der Waals surface area contributed by atoms with E-state index in [-0.39, 0.29) is 11.0 Å². The fourth-order valence-electron chi connectivity index (χ4n) is 3.48. The van der Waals surface area contributed by atoms with Crippen molar-refractivity contribution in [3.8, 4) is 11.5 Å². The summed E-state index contributed by atoms with van der Waals surface area (Å²) < 4.78 is 42.8. The van der Waals surface area contributed by atoms with Gasteiger partial charge in [-0.3, -0.25) is 4.79 Å². The van der Waals surface area contributed by atoms with Crippen LogP contribution in [0.1, 0.15) is 28.8 Å². The summed E-state index contributed by atoms with van der Waals surface area (Å²) in [6.45, 7) is 1.47. The topological polar surface area (TPSA) is 56.8 Å². The summed E-state index contributed by atoms with van der Waals surface area (Å²) in [7, 11) is 3.15. The molecule has 2 aromatic rings. The van der Waals surface area contributed by atoms with Crippen LogP contribution in [-0.4, -0.2) is 39.9 Å². The lowest BCUT2D eigenvalue weighted by Gasteiger charge is -2.38. The molecule has 2 aromatic carbocycles. The Hall–Kier alpha value is -2.67. The molecular formula is C21H23F2NO4. The Morgan fingerprint density at radius 1 is 1.04 bits per heavy atom. The Balaban J connectivity index is 1.83. The number of hydrogen-bond donors (Lipinski definition) is 1. The quantitative estimate of drug-likeness (QED) is 0.819. The molecule has 1 amide bonds. The van der Waals surface area contributed by atoms with E-state index >= 15 is 0 Å². The predicted molar refractivity (Wildman–Crippen MR) is 100.0 cm³/mol. The summed E-state index contributed by atoms with van der Waals surface area (Å²) >= 11 is 0. The van der Waals surface area contributed by atoms with E-state index in [4.69, 9.17) is 14.2 Å². The van der Waals surface area contributed by atoms with Crippen LogP contribution in [0.15, 0.2) is 36.4 Å². The number of hydrogen-bond acceptors (Lipinski definition) is 4. The molecule has 1 saturated heterocycles. The second-order valence-electron chi connectivity index (χ2n) is 6.77. The Morgan fingerprint density at radius 2 is 1.75 bits per heavy atom. The monoisotopic (exact) mass is 391 g/mol. The lowest BCUT2D eigenvalue weighted by molar-refractivity contribution is 0.0486. The molecule has 1 heterocycles. The van der Waals surface area contributed by atoms with Crippen molar-refractivity contribution in [3.05, 3.63) is 59.2 Å². The van der Waals surface area contributed by atoms with Crippen LogP contribution in [0.25, 0.3) is 0 Å². The van der Waals surface area contributed by atoms with Crippen LogP contribution < -0.4 is 14.8 Å². The summed E-state index contributed by atoms with van der Waals surface area (Å²) in [5.41, 5.74) is 0.721. The first-order valence-corrected chi connectivity index (χ1v) is 9.02. The number of ether oxygens (including phenoxy) is 3. The molecule has 5 nitrogen and oxygen atoms in total. The second-order valence-corrected chi connectivity index (χ2v) is 6.77. The first kappa shape index (κ1) is 20.1. The van der Waals surface area contributed by atoms with E-state index in [2.05, 4.69) is 5.32 Å². The average Bonchev–Trinajstić information content (AvgIpc) is 2.74. The number of methoxy groups -OCH3 is 2. The smallest absolute Gasteiger partial charge is 0.251 e. The van der Waals surface area contributed by atoms with Gasteiger partial charge in [-0.1, -0.05) is 6.07 Å². The van der Waals surface area contributed by atoms with Gasteiger partial charge in [0.05, 0.1) is 14.2 Å². The molecule has 0 atom stereocenters. The summed E-state index contributed by atoms with van der Waals surface area (Å²) in [4.78, 5) is 12.5. The average molecular weight is 391 g/mol. The standard InChI is InChI=1S/C21H23F2NO4/c1-26-18-6-4-15(12-19(18)27-2)21(7-9-28-10-8-21)13-24-20(25)14-3-5-16(22)17(23)11-14/h3-6,11-12H,7-10,13H2,1-2H3,(H,24,25). The van der Waals surface area contributed by atoms with Gasteiger partial charge in [0.15, 0.2) is 23.1 Å². The zero-order chi connectivity index (χ0) is 20.1. The minimum Gasteiger partial charge on any atom is -0.493 e. The van der Waals surface area contributed by atoms with Gasteiger partial charge in [-0.2, -0.15) is 0 Å². The third-order valence-electron chi connectivity index (χ3n) is 5.21. The van der Waals surface area contributed by atoms with E-state index in [9.17, 15) is 13.6 Å². The fourth-order valence-corrected chi connectivity index (χ4v) is 3.48. The van der Waals surface area contributed by atoms with Gasteiger partial charge in [-0.05, 0) is 48.7 Å². The maximum atomic E-state index is 13.4. The highest BCUT2D eigenvalue weighted by molar-refractivity contribution is 5.94. The third-order valence-corrected chi connectivity index (χ3v) is 5.21. The van der Waals surface area contributed by atoms with Crippen LogP contribution in [-0.2, 0) is 10.2 Å². The predicted octanol–water partition coefficient (Wildman–Crippen LogP) is 3.46. The summed E-state index contributed by atoms with van der Waals surface area (Å²) in [5, 5.41) is 2.87. The van der Waals surface area contributed by atoms with Gasteiger partial charge in [0.2, 0.25) is 0 Å². The van der Waals surface area contributed by atoms with E-state index < -0.39 is 17.5 Å². The first-order valence-electron chi connectivity index (χ1n) is 9.02. The molecule has 0 radical (unpaired) electrons. The number of benzene rings is 2. The van der Waals surface area contributed by atoms with Crippen molar-refractivity contribution in [2.45, 2.75) is 18.3 Å². The minimum absolute atomic E-state index is 0.0772. The van der Waals surface area contributed by atoms with E-state index in [1.54, 1.807) is 14.2 Å². The van der Waals surface area contributed by atoms with Crippen molar-refractivity contribution in [3.63, 3.8) is 0 Å². The van der Waals surface area contributed by atoms with Gasteiger partial charge in [-0.15, -0.1) is 0 Å². The van der Waals surface area contributed by atoms with Gasteiger partial charge in [0.1, 0.15) is 0 Å². The molecule has 0 aromatic heterocycles. The molecule has 150 valence electrons. The fraction of sp³-hybridized carbons (Fsp3) is 0.381. The van der Waals surface area contributed by atoms with Crippen LogP contribution >= 0.6 is 0 Å². The maximum absolute atomic E-state index is 13.4. The minimum atomic E-state index is -1.05. The Morgan fingerprint density at radius 3 is 2.39 bits per heavy atom. The molecular weight excluding hydrogens is 368 g/mol. The van der Waals surface area contributed by atoms with Crippen LogP contribution in [0, 0.1) is 11.6 Å². The molecule has 0 aliphatic carbocycles. The van der Waals surface area contributed by atoms with Crippen molar-refractivity contribution in [1.29, 1.82) is 0 Å². The number of amides is 1. The Labute approximate surface area is 162 Å². The summed E-state index contributed by atoms with van der Waals surface area (Å²) in [6, 6.07) is 8.81. The highest BCUT2D eigenvalue weighted by atomic mass is 19.2. The van der Waals surface area contributed by atoms with E-state index in [1.807, 2.05) is 18.2 Å². The third kappa shape index (κ3) is 4.09. The summed E-state index contributed by atoms with van der Waals surface area (Å²) in [6.07, 6.45) is 1.42. The zero-order valence-electron chi connectivity index (χ0n) is 15.9. The number of carbonyl (C=O) groups excluding carboxylic acids is 1. The summed E-state index contributed by atoms with van der Waals surface area (Å²) in [5.74, 6) is -1.25. The molecule has 0 saturated carbocycles. The number of rotatable bonds is 6. The molecule has 1 N–H and O–H groups in total. The number of nitrogens with one attached hydrogen (secondary N) is 1. The van der Waals surface area contributed by atoms with Crippen LogP contribution in [0.2, 0.25) is 0 Å². The number of carbonyl (C=O) groups is 1. The first-order chi connectivity index (χ1) is 13.5. The van der Waals surface area contributed by atoms with Gasteiger partial charge in [-0.25, -0.2) is 8.78 Å². The second kappa shape index (κ2) is 8.56. The Kier molecular flexibility index (Phi) is 6.14. The highest BCUT2D eigenvalue weighted by Crippen LogP contribution is 2.38. The lowest BCUT2D eigenvalue weighted by atomic mass is 9.74. The largest absolute Gasteiger partial charge is 0.493 e. The Bertz CT molecular complexity index is 850. The molecule has 0 spiro atoms. The van der Waals surface area contributed by atoms with Gasteiger partial charge in [0, 0.05) is 30.7 Å². The highest BCUT2D eigenvalue weighted by Gasteiger charge is 2.35. The van der Waals surface area contributed by atoms with Crippen molar-refractivity contribution in [2.24, 2.45) is 0 Å². The van der Waals surface area contributed by atoms with Crippen molar-refractivity contribution in [1.82, 2.24) is 5.32 Å². The zero-order valence-corrected chi connectivity index (χ0v) is 15.9. The number of halogens is 2. The van der Waals surface area contributed by atoms with E-state index in [0.717, 1.165) is 17.7 Å². The molecule has 0 bridgehead atoms. The molecule has 1 aliphatic rings. The van der Waals surface area contributed by atoms with E-state index in [0.29, 0.717) is 44.1 Å². The van der Waals surface area contributed by atoms with Crippen molar-refractivity contribution in [2.75, 3.05) is 34.0 Å². The molecule has 0 unspecified atom stereocenters. The molecule has 28 heavy (non-hydrogen) atoms. The molecule has 1 fully saturated rings. The normalized spacial score (nSPS) is 15.7. The van der Waals surface area contributed by atoms with Crippen LogP contribution in [0.3, 0.4) is 0 Å². The van der Waals surface area contributed by atoms with Crippen molar-refractivity contribution >= 4 is 5.91 Å². The SMILES string of the molecule is COc1ccc(C2(CNC(=O)c3ccc(F)c(F)c3)CCOCC2)cc1OC. The van der Waals surface area contributed by atoms with Gasteiger partial charge in [0.25, 0.3) is 5.91 Å². The van der Waals surface area contributed by atoms with E-state index in [1.165, 1.54) is 6.07 Å². The van der Waals surface area contributed by atoms with Crippen LogP contribution in [0.4, 0.5) is 8.78 Å². The van der Waals surface area contributed by atoms with Crippen LogP contribution in [0.5, 0.6) is 11.5 Å². The van der Waals surface area contributed by atoms with Crippen molar-refractivity contribution < 1.29 is 27.8 Å². The lowest BCUT2D eigenvalue weighted by Crippen LogP contribution is -2.44. The molecule has 3 rings (SSSR count). The van der Waals surface area contributed by atoms with Gasteiger partial charge < -0.3 is 19.5 Å². The maximum Gasteiger partial charge on any atom is 0.251 e. The van der Waals surface area contributed by atoms with Gasteiger partial charge >= 0.3 is 0 Å².